The van der Waals surface area contributed by atoms with Crippen LogP contribution >= 0.6 is 11.6 Å². The van der Waals surface area contributed by atoms with E-state index < -0.39 is 5.97 Å². The minimum atomic E-state index is -0.971. The number of carboxylic acid groups (broad SMARTS) is 1. The number of carbonyl (C=O) groups is 1. The molecule has 76 valence electrons. The molecule has 0 aliphatic heterocycles. The normalized spacial score (nSPS) is 10.5. The quantitative estimate of drug-likeness (QED) is 0.843. The van der Waals surface area contributed by atoms with E-state index in [1.807, 2.05) is 12.1 Å². The predicted octanol–water partition coefficient (Wildman–Crippen LogP) is 1.91. The van der Waals surface area contributed by atoms with Gasteiger partial charge < -0.3 is 5.11 Å². The predicted molar refractivity (Wildman–Crippen MR) is 55.9 cm³/mol. The molecule has 2 rings (SSSR count). The van der Waals surface area contributed by atoms with Gasteiger partial charge in [0, 0.05) is 0 Å². The first kappa shape index (κ1) is 9.86. The monoisotopic (exact) mass is 222 g/mol. The zero-order valence-electron chi connectivity index (χ0n) is 7.64. The Morgan fingerprint density at radius 2 is 1.87 bits per heavy atom. The first-order valence-corrected chi connectivity index (χ1v) is 4.67. The van der Waals surface area contributed by atoms with E-state index >= 15 is 0 Å². The second-order valence-electron chi connectivity index (χ2n) is 3.02. The van der Waals surface area contributed by atoms with E-state index in [9.17, 15) is 4.79 Å². The van der Waals surface area contributed by atoms with Crippen LogP contribution in [-0.2, 0) is 11.2 Å². The molecular formula is C10H7ClN2O2. The Hall–Kier alpha value is -1.68. The van der Waals surface area contributed by atoms with Gasteiger partial charge in [0.25, 0.3) is 0 Å². The van der Waals surface area contributed by atoms with Crippen molar-refractivity contribution in [1.29, 1.82) is 0 Å². The molecule has 0 spiro atoms. The molecule has 0 unspecified atom stereocenters. The lowest BCUT2D eigenvalue weighted by atomic mass is 10.2. The fraction of sp³-hybridized carbons (Fsp3) is 0.100. The van der Waals surface area contributed by atoms with Crippen molar-refractivity contribution in [1.82, 2.24) is 9.97 Å². The number of aliphatic carboxylic acids is 1. The lowest BCUT2D eigenvalue weighted by molar-refractivity contribution is -0.136. The van der Waals surface area contributed by atoms with Gasteiger partial charge in [0.15, 0.2) is 5.15 Å². The summed E-state index contributed by atoms with van der Waals surface area (Å²) < 4.78 is 0. The summed E-state index contributed by atoms with van der Waals surface area (Å²) in [4.78, 5) is 18.7. The second kappa shape index (κ2) is 3.82. The minimum absolute atomic E-state index is 0.149. The van der Waals surface area contributed by atoms with Crippen molar-refractivity contribution in [2.75, 3.05) is 0 Å². The van der Waals surface area contributed by atoms with E-state index in [4.69, 9.17) is 16.7 Å². The maximum absolute atomic E-state index is 10.5. The number of aromatic nitrogens is 2. The molecule has 5 heteroatoms. The number of fused-ring (bicyclic) bond motifs is 1. The summed E-state index contributed by atoms with van der Waals surface area (Å²) in [5.74, 6) is -0.971. The van der Waals surface area contributed by atoms with E-state index in [1.165, 1.54) is 0 Å². The topological polar surface area (TPSA) is 63.1 Å². The van der Waals surface area contributed by atoms with Crippen molar-refractivity contribution < 1.29 is 9.90 Å². The molecule has 0 bridgehead atoms. The highest BCUT2D eigenvalue weighted by molar-refractivity contribution is 6.30. The average molecular weight is 223 g/mol. The van der Waals surface area contributed by atoms with Crippen LogP contribution in [0.5, 0.6) is 0 Å². The van der Waals surface area contributed by atoms with E-state index in [0.717, 1.165) is 0 Å². The van der Waals surface area contributed by atoms with Crippen LogP contribution in [-0.4, -0.2) is 21.0 Å². The molecule has 0 aliphatic carbocycles. The highest BCUT2D eigenvalue weighted by Gasteiger charge is 2.09. The molecule has 0 radical (unpaired) electrons. The Kier molecular flexibility index (Phi) is 2.51. The molecule has 0 aliphatic rings. The van der Waals surface area contributed by atoms with Gasteiger partial charge in [-0.3, -0.25) is 4.79 Å². The molecule has 1 N–H and O–H groups in total. The standard InChI is InChI=1S/C10H7ClN2O2/c11-10-8(5-9(14)15)12-6-3-1-2-4-7(6)13-10/h1-4H,5H2,(H,14,15). The third kappa shape index (κ3) is 2.05. The van der Waals surface area contributed by atoms with Crippen molar-refractivity contribution in [2.45, 2.75) is 6.42 Å². The van der Waals surface area contributed by atoms with Gasteiger partial charge in [-0.05, 0) is 12.1 Å². The molecule has 0 saturated heterocycles. The van der Waals surface area contributed by atoms with Gasteiger partial charge in [-0.25, -0.2) is 9.97 Å². The fourth-order valence-electron chi connectivity index (χ4n) is 1.27. The van der Waals surface area contributed by atoms with Crippen molar-refractivity contribution in [3.63, 3.8) is 0 Å². The Morgan fingerprint density at radius 1 is 1.27 bits per heavy atom. The Morgan fingerprint density at radius 3 is 2.47 bits per heavy atom. The van der Waals surface area contributed by atoms with Crippen LogP contribution in [0.25, 0.3) is 11.0 Å². The zero-order valence-corrected chi connectivity index (χ0v) is 8.40. The maximum Gasteiger partial charge on any atom is 0.309 e. The van der Waals surface area contributed by atoms with Crippen LogP contribution in [0.3, 0.4) is 0 Å². The van der Waals surface area contributed by atoms with Gasteiger partial charge in [-0.2, -0.15) is 0 Å². The van der Waals surface area contributed by atoms with Crippen LogP contribution in [0.4, 0.5) is 0 Å². The lowest BCUT2D eigenvalue weighted by Crippen LogP contribution is -2.04. The molecule has 4 nitrogen and oxygen atoms in total. The van der Waals surface area contributed by atoms with Gasteiger partial charge in [0.05, 0.1) is 23.1 Å². The van der Waals surface area contributed by atoms with Gasteiger partial charge in [-0.1, -0.05) is 23.7 Å². The third-order valence-corrected chi connectivity index (χ3v) is 2.22. The molecule has 2 aromatic rings. The first-order chi connectivity index (χ1) is 7.16. The average Bonchev–Trinajstić information content (AvgIpc) is 2.18. The van der Waals surface area contributed by atoms with Gasteiger partial charge >= 0.3 is 5.97 Å². The number of halogens is 1. The van der Waals surface area contributed by atoms with E-state index in [-0.39, 0.29) is 11.6 Å². The van der Waals surface area contributed by atoms with E-state index in [2.05, 4.69) is 9.97 Å². The minimum Gasteiger partial charge on any atom is -0.481 e. The molecule has 1 aromatic heterocycles. The van der Waals surface area contributed by atoms with Crippen LogP contribution in [0.2, 0.25) is 5.15 Å². The summed E-state index contributed by atoms with van der Waals surface area (Å²) in [6, 6.07) is 7.18. The van der Waals surface area contributed by atoms with Crippen LogP contribution < -0.4 is 0 Å². The number of rotatable bonds is 2. The number of hydrogen-bond donors (Lipinski definition) is 1. The summed E-state index contributed by atoms with van der Waals surface area (Å²) in [7, 11) is 0. The molecule has 0 atom stereocenters. The summed E-state index contributed by atoms with van der Waals surface area (Å²) in [5, 5.41) is 8.79. The first-order valence-electron chi connectivity index (χ1n) is 4.30. The fourth-order valence-corrected chi connectivity index (χ4v) is 1.47. The molecule has 1 heterocycles. The van der Waals surface area contributed by atoms with Crippen LogP contribution in [0.1, 0.15) is 5.69 Å². The Labute approximate surface area is 90.5 Å². The van der Waals surface area contributed by atoms with Crippen molar-refractivity contribution >= 4 is 28.6 Å². The molecule has 0 saturated carbocycles. The highest BCUT2D eigenvalue weighted by atomic mass is 35.5. The SMILES string of the molecule is O=C(O)Cc1nc2ccccc2nc1Cl. The van der Waals surface area contributed by atoms with Crippen molar-refractivity contribution in [3.8, 4) is 0 Å². The Bertz CT molecular complexity index is 528. The van der Waals surface area contributed by atoms with Crippen LogP contribution in [0.15, 0.2) is 24.3 Å². The molecule has 0 fully saturated rings. The summed E-state index contributed by atoms with van der Waals surface area (Å²) in [5.41, 5.74) is 1.61. The summed E-state index contributed by atoms with van der Waals surface area (Å²) in [6.07, 6.45) is -0.212. The Balaban J connectivity index is 2.56. The van der Waals surface area contributed by atoms with Gasteiger partial charge in [-0.15, -0.1) is 0 Å². The van der Waals surface area contributed by atoms with Gasteiger partial charge in [0.2, 0.25) is 0 Å². The molecule has 15 heavy (non-hydrogen) atoms. The van der Waals surface area contributed by atoms with Crippen molar-refractivity contribution in [2.24, 2.45) is 0 Å². The van der Waals surface area contributed by atoms with Crippen LogP contribution in [0, 0.1) is 0 Å². The molecule has 1 aromatic carbocycles. The smallest absolute Gasteiger partial charge is 0.309 e. The van der Waals surface area contributed by atoms with E-state index in [0.29, 0.717) is 16.7 Å². The number of carboxylic acids is 1. The maximum atomic E-state index is 10.5. The van der Waals surface area contributed by atoms with E-state index in [1.54, 1.807) is 12.1 Å². The summed E-state index contributed by atoms with van der Waals surface area (Å²) in [6.45, 7) is 0. The van der Waals surface area contributed by atoms with Gasteiger partial charge in [0.1, 0.15) is 0 Å². The zero-order chi connectivity index (χ0) is 10.8. The molecular weight excluding hydrogens is 216 g/mol. The number of hydrogen-bond acceptors (Lipinski definition) is 3. The third-order valence-electron chi connectivity index (χ3n) is 1.91. The number of benzene rings is 1. The molecule has 0 amide bonds. The highest BCUT2D eigenvalue weighted by Crippen LogP contribution is 2.16. The number of para-hydroxylation sites is 2. The van der Waals surface area contributed by atoms with Crippen molar-refractivity contribution in [3.05, 3.63) is 35.1 Å². The second-order valence-corrected chi connectivity index (χ2v) is 3.38. The largest absolute Gasteiger partial charge is 0.481 e. The number of nitrogens with zero attached hydrogens (tertiary/aromatic N) is 2. The summed E-state index contributed by atoms with van der Waals surface area (Å²) >= 11 is 5.81. The lowest BCUT2D eigenvalue weighted by Gasteiger charge is -2.02.